The van der Waals surface area contributed by atoms with E-state index in [1.54, 1.807) is 4.90 Å². The first-order valence-electron chi connectivity index (χ1n) is 12.6. The van der Waals surface area contributed by atoms with Gasteiger partial charge in [-0.25, -0.2) is 0 Å². The van der Waals surface area contributed by atoms with Crippen molar-refractivity contribution < 1.29 is 23.8 Å². The number of hydrogen-bond acceptors (Lipinski definition) is 6. The lowest BCUT2D eigenvalue weighted by Gasteiger charge is -2.42. The number of benzene rings is 1. The van der Waals surface area contributed by atoms with Crippen molar-refractivity contribution in [2.24, 2.45) is 17.0 Å². The summed E-state index contributed by atoms with van der Waals surface area (Å²) in [7, 11) is 0. The molecule has 1 aromatic rings. The van der Waals surface area contributed by atoms with Crippen LogP contribution < -0.4 is 4.74 Å². The van der Waals surface area contributed by atoms with Crippen molar-refractivity contribution in [3.05, 3.63) is 29.8 Å². The molecule has 0 spiro atoms. The molecule has 5 rings (SSSR count). The third kappa shape index (κ3) is 6.93. The molecule has 0 aromatic heterocycles. The molecule has 1 heterocycles. The van der Waals surface area contributed by atoms with E-state index in [0.29, 0.717) is 44.8 Å². The van der Waals surface area contributed by atoms with Gasteiger partial charge in [-0.15, -0.1) is 0 Å². The highest BCUT2D eigenvalue weighted by Gasteiger charge is 2.35. The van der Waals surface area contributed by atoms with E-state index in [9.17, 15) is 4.79 Å². The highest BCUT2D eigenvalue weighted by Crippen LogP contribution is 2.42. The average Bonchev–Trinajstić information content (AvgIpc) is 2.88. The van der Waals surface area contributed by atoms with Gasteiger partial charge in [0.05, 0.1) is 31.6 Å². The Kier molecular flexibility index (Phi) is 9.01. The summed E-state index contributed by atoms with van der Waals surface area (Å²) in [6.45, 7) is 5.87. The molecule has 1 unspecified atom stereocenters. The maximum absolute atomic E-state index is 12.2. The quantitative estimate of drug-likeness (QED) is 0.284. The van der Waals surface area contributed by atoms with Gasteiger partial charge in [0, 0.05) is 19.5 Å². The molecule has 3 aliphatic carbocycles. The third-order valence-electron chi connectivity index (χ3n) is 7.12. The Morgan fingerprint density at radius 3 is 2.52 bits per heavy atom. The standard InChI is InChI=1S/C26H38N2O5/c1-2-24(27-33-15-3-14-31-25-18-20-4-6-22(25)7-5-20)21-8-10-23(11-9-21)32-19-26(29)28-12-16-30-17-13-28/h8-11,20,22,25H,2-7,12-19H2,1H3. The lowest BCUT2D eigenvalue weighted by molar-refractivity contribution is -0.137. The molecule has 33 heavy (non-hydrogen) atoms. The van der Waals surface area contributed by atoms with Crippen LogP contribution in [0.4, 0.5) is 0 Å². The monoisotopic (exact) mass is 458 g/mol. The number of oxime groups is 1. The Morgan fingerprint density at radius 1 is 1.09 bits per heavy atom. The second-order valence-corrected chi connectivity index (χ2v) is 9.31. The maximum Gasteiger partial charge on any atom is 0.260 e. The van der Waals surface area contributed by atoms with Gasteiger partial charge < -0.3 is 23.9 Å². The minimum absolute atomic E-state index is 0.00782. The smallest absolute Gasteiger partial charge is 0.260 e. The number of carbonyl (C=O) groups excluding carboxylic acids is 1. The summed E-state index contributed by atoms with van der Waals surface area (Å²) in [6.07, 6.45) is 8.87. The molecule has 0 radical (unpaired) electrons. The number of fused-ring (bicyclic) bond motifs is 3. The van der Waals surface area contributed by atoms with Gasteiger partial charge in [-0.05, 0) is 80.2 Å². The number of carbonyl (C=O) groups is 1. The highest BCUT2D eigenvalue weighted by molar-refractivity contribution is 6.00. The summed E-state index contributed by atoms with van der Waals surface area (Å²) < 4.78 is 17.1. The third-order valence-corrected chi connectivity index (χ3v) is 7.12. The van der Waals surface area contributed by atoms with Crippen LogP contribution in [0, 0.1) is 11.8 Å². The van der Waals surface area contributed by atoms with Gasteiger partial charge in [-0.3, -0.25) is 4.79 Å². The zero-order chi connectivity index (χ0) is 22.9. The van der Waals surface area contributed by atoms with Crippen LogP contribution in [0.15, 0.2) is 29.4 Å². The van der Waals surface area contributed by atoms with E-state index in [2.05, 4.69) is 12.1 Å². The van der Waals surface area contributed by atoms with E-state index in [1.165, 1.54) is 32.1 Å². The Balaban J connectivity index is 1.15. The highest BCUT2D eigenvalue weighted by atomic mass is 16.6. The lowest BCUT2D eigenvalue weighted by Crippen LogP contribution is -2.42. The molecule has 1 atom stereocenters. The molecular weight excluding hydrogens is 420 g/mol. The second kappa shape index (κ2) is 12.4. The first kappa shape index (κ1) is 24.0. The number of rotatable bonds is 11. The van der Waals surface area contributed by atoms with Crippen molar-refractivity contribution in [2.75, 3.05) is 46.1 Å². The van der Waals surface area contributed by atoms with Gasteiger partial charge in [-0.2, -0.15) is 0 Å². The molecule has 7 nitrogen and oxygen atoms in total. The summed E-state index contributed by atoms with van der Waals surface area (Å²) in [5.41, 5.74) is 1.90. The van der Waals surface area contributed by atoms with Crippen molar-refractivity contribution in [2.45, 2.75) is 58.0 Å². The molecule has 1 aromatic carbocycles. The van der Waals surface area contributed by atoms with Crippen molar-refractivity contribution in [3.8, 4) is 5.75 Å². The van der Waals surface area contributed by atoms with Crippen LogP contribution in [0.1, 0.15) is 57.4 Å². The van der Waals surface area contributed by atoms with Crippen LogP contribution >= 0.6 is 0 Å². The maximum atomic E-state index is 12.2. The SMILES string of the molecule is CCC(=NOCCCOC1CC2CCC1CC2)c1ccc(OCC(=O)N2CCOCC2)cc1. The minimum atomic E-state index is -0.00782. The number of morpholine rings is 1. The molecule has 3 saturated carbocycles. The van der Waals surface area contributed by atoms with Gasteiger partial charge in [0.1, 0.15) is 12.4 Å². The van der Waals surface area contributed by atoms with Crippen molar-refractivity contribution >= 4 is 11.6 Å². The van der Waals surface area contributed by atoms with E-state index in [1.807, 2.05) is 24.3 Å². The average molecular weight is 459 g/mol. The number of amides is 1. The predicted octanol–water partition coefficient (Wildman–Crippen LogP) is 4.04. The van der Waals surface area contributed by atoms with E-state index in [-0.39, 0.29) is 12.5 Å². The molecule has 1 amide bonds. The summed E-state index contributed by atoms with van der Waals surface area (Å²) in [4.78, 5) is 19.6. The lowest BCUT2D eigenvalue weighted by atomic mass is 9.69. The van der Waals surface area contributed by atoms with Gasteiger partial charge in [0.15, 0.2) is 6.61 Å². The second-order valence-electron chi connectivity index (χ2n) is 9.31. The summed E-state index contributed by atoms with van der Waals surface area (Å²) in [6, 6.07) is 7.67. The summed E-state index contributed by atoms with van der Waals surface area (Å²) in [5, 5.41) is 4.35. The van der Waals surface area contributed by atoms with E-state index in [4.69, 9.17) is 19.0 Å². The first-order valence-corrected chi connectivity index (χ1v) is 12.6. The normalized spacial score (nSPS) is 25.2. The molecule has 4 fully saturated rings. The first-order chi connectivity index (χ1) is 16.2. The number of nitrogens with zero attached hydrogens (tertiary/aromatic N) is 2. The van der Waals surface area contributed by atoms with E-state index >= 15 is 0 Å². The van der Waals surface area contributed by atoms with Crippen LogP contribution in [0.25, 0.3) is 0 Å². The topological polar surface area (TPSA) is 69.6 Å². The van der Waals surface area contributed by atoms with Crippen LogP contribution in [-0.4, -0.2) is 68.7 Å². The van der Waals surface area contributed by atoms with E-state index < -0.39 is 0 Å². The molecule has 4 aliphatic rings. The van der Waals surface area contributed by atoms with Crippen LogP contribution in [0.5, 0.6) is 5.75 Å². The van der Waals surface area contributed by atoms with Crippen molar-refractivity contribution in [3.63, 3.8) is 0 Å². The number of hydrogen-bond donors (Lipinski definition) is 0. The fourth-order valence-electron chi connectivity index (χ4n) is 5.12. The van der Waals surface area contributed by atoms with Crippen LogP contribution in [-0.2, 0) is 19.1 Å². The van der Waals surface area contributed by atoms with E-state index in [0.717, 1.165) is 42.6 Å². The number of ether oxygens (including phenoxy) is 3. The molecule has 182 valence electrons. The minimum Gasteiger partial charge on any atom is -0.484 e. The Morgan fingerprint density at radius 2 is 1.85 bits per heavy atom. The molecule has 1 saturated heterocycles. The van der Waals surface area contributed by atoms with Gasteiger partial charge in [0.25, 0.3) is 5.91 Å². The predicted molar refractivity (Wildman–Crippen MR) is 127 cm³/mol. The summed E-state index contributed by atoms with van der Waals surface area (Å²) >= 11 is 0. The zero-order valence-corrected chi connectivity index (χ0v) is 19.9. The Labute approximate surface area is 197 Å². The Bertz CT molecular complexity index is 767. The van der Waals surface area contributed by atoms with Gasteiger partial charge in [0.2, 0.25) is 0 Å². The molecule has 7 heteroatoms. The fraction of sp³-hybridized carbons (Fsp3) is 0.692. The zero-order valence-electron chi connectivity index (χ0n) is 19.9. The summed E-state index contributed by atoms with van der Waals surface area (Å²) in [5.74, 6) is 2.34. The molecule has 0 N–H and O–H groups in total. The van der Waals surface area contributed by atoms with Crippen molar-refractivity contribution in [1.29, 1.82) is 0 Å². The molecule has 2 bridgehead atoms. The fourth-order valence-corrected chi connectivity index (χ4v) is 5.12. The van der Waals surface area contributed by atoms with Crippen LogP contribution in [0.3, 0.4) is 0 Å². The van der Waals surface area contributed by atoms with Crippen LogP contribution in [0.2, 0.25) is 0 Å². The van der Waals surface area contributed by atoms with Crippen molar-refractivity contribution in [1.82, 2.24) is 4.90 Å². The van der Waals surface area contributed by atoms with Gasteiger partial charge >= 0.3 is 0 Å². The van der Waals surface area contributed by atoms with Gasteiger partial charge in [-0.1, -0.05) is 12.1 Å². The Hall–Kier alpha value is -2.12. The molecular formula is C26H38N2O5. The largest absolute Gasteiger partial charge is 0.484 e. The molecule has 1 aliphatic heterocycles.